The summed E-state index contributed by atoms with van der Waals surface area (Å²) in [4.78, 5) is 23.0. The van der Waals surface area contributed by atoms with Crippen LogP contribution < -0.4 is 10.6 Å². The first-order chi connectivity index (χ1) is 9.97. The molecule has 2 aromatic carbocycles. The minimum Gasteiger partial charge on any atom is -0.478 e. The Balaban J connectivity index is 2.14. The molecule has 2 rings (SSSR count). The van der Waals surface area contributed by atoms with Gasteiger partial charge in [0.05, 0.1) is 22.0 Å². The Morgan fingerprint density at radius 3 is 2.38 bits per heavy atom. The number of nitrogens with one attached hydrogen (secondary N) is 2. The lowest BCUT2D eigenvalue weighted by molar-refractivity contribution is 0.0698. The molecule has 21 heavy (non-hydrogen) atoms. The summed E-state index contributed by atoms with van der Waals surface area (Å²) in [6.45, 7) is 0. The second-order valence-electron chi connectivity index (χ2n) is 4.05. The first kappa shape index (κ1) is 15.3. The van der Waals surface area contributed by atoms with E-state index in [2.05, 4.69) is 26.6 Å². The van der Waals surface area contributed by atoms with E-state index in [1.54, 1.807) is 30.3 Å². The van der Waals surface area contributed by atoms with Crippen LogP contribution in [0.1, 0.15) is 10.4 Å². The molecular weight excluding hydrogens is 360 g/mol. The predicted octanol–water partition coefficient (Wildman–Crippen LogP) is 4.44. The van der Waals surface area contributed by atoms with Gasteiger partial charge in [-0.15, -0.1) is 0 Å². The number of hydrogen-bond acceptors (Lipinski definition) is 2. The van der Waals surface area contributed by atoms with Gasteiger partial charge < -0.3 is 15.7 Å². The summed E-state index contributed by atoms with van der Waals surface area (Å²) in [5, 5.41) is 14.4. The highest BCUT2D eigenvalue weighted by Crippen LogP contribution is 2.26. The van der Waals surface area contributed by atoms with E-state index < -0.39 is 12.0 Å². The molecule has 0 radical (unpaired) electrons. The summed E-state index contributed by atoms with van der Waals surface area (Å²) in [7, 11) is 0. The van der Waals surface area contributed by atoms with Crippen molar-refractivity contribution in [2.24, 2.45) is 0 Å². The van der Waals surface area contributed by atoms with Gasteiger partial charge in [0, 0.05) is 4.47 Å². The van der Waals surface area contributed by atoms with Crippen molar-refractivity contribution in [1.82, 2.24) is 0 Å². The molecular formula is C14H10BrClN2O3. The van der Waals surface area contributed by atoms with E-state index >= 15 is 0 Å². The topological polar surface area (TPSA) is 78.4 Å². The molecule has 0 bridgehead atoms. The molecule has 0 aliphatic heterocycles. The van der Waals surface area contributed by atoms with Gasteiger partial charge in [0.25, 0.3) is 0 Å². The number of hydrogen-bond donors (Lipinski definition) is 3. The third kappa shape index (κ3) is 3.96. The third-order valence-electron chi connectivity index (χ3n) is 2.59. The second kappa shape index (κ2) is 6.60. The van der Waals surface area contributed by atoms with Crippen LogP contribution in [-0.2, 0) is 0 Å². The standard InChI is InChI=1S/C14H10BrClN2O3/c15-8-5-6-12(10(16)7-8)18-14(21)17-11-4-2-1-3-9(11)13(19)20/h1-7H,(H,19,20)(H2,17,18,21). The van der Waals surface area contributed by atoms with Gasteiger partial charge in [0.1, 0.15) is 0 Å². The van der Waals surface area contributed by atoms with Gasteiger partial charge in [0.15, 0.2) is 0 Å². The van der Waals surface area contributed by atoms with E-state index in [4.69, 9.17) is 16.7 Å². The van der Waals surface area contributed by atoms with Crippen molar-refractivity contribution in [2.75, 3.05) is 10.6 Å². The van der Waals surface area contributed by atoms with Crippen LogP contribution in [0.4, 0.5) is 16.2 Å². The second-order valence-corrected chi connectivity index (χ2v) is 5.38. The number of carbonyl (C=O) groups is 2. The van der Waals surface area contributed by atoms with Crippen LogP contribution in [-0.4, -0.2) is 17.1 Å². The largest absolute Gasteiger partial charge is 0.478 e. The van der Waals surface area contributed by atoms with Gasteiger partial charge in [-0.1, -0.05) is 39.7 Å². The Labute approximate surface area is 134 Å². The molecule has 0 aliphatic rings. The first-order valence-corrected chi connectivity index (χ1v) is 7.00. The summed E-state index contributed by atoms with van der Waals surface area (Å²) >= 11 is 9.26. The molecule has 3 N–H and O–H groups in total. The molecule has 0 aromatic heterocycles. The number of carbonyl (C=O) groups excluding carboxylic acids is 1. The monoisotopic (exact) mass is 368 g/mol. The number of carboxylic acids is 1. The zero-order valence-corrected chi connectivity index (χ0v) is 12.9. The molecule has 108 valence electrons. The van der Waals surface area contributed by atoms with E-state index in [1.165, 1.54) is 12.1 Å². The lowest BCUT2D eigenvalue weighted by Gasteiger charge is -2.11. The number of carboxylic acid groups (broad SMARTS) is 1. The Kier molecular flexibility index (Phi) is 4.82. The Morgan fingerprint density at radius 1 is 1.05 bits per heavy atom. The van der Waals surface area contributed by atoms with Gasteiger partial charge in [0.2, 0.25) is 0 Å². The summed E-state index contributed by atoms with van der Waals surface area (Å²) in [5.41, 5.74) is 0.635. The van der Waals surface area contributed by atoms with Crippen molar-refractivity contribution in [2.45, 2.75) is 0 Å². The number of benzene rings is 2. The van der Waals surface area contributed by atoms with Gasteiger partial charge in [-0.2, -0.15) is 0 Å². The van der Waals surface area contributed by atoms with Crippen molar-refractivity contribution in [1.29, 1.82) is 0 Å². The molecule has 2 amide bonds. The van der Waals surface area contributed by atoms with Crippen LogP contribution in [0.15, 0.2) is 46.9 Å². The fraction of sp³-hybridized carbons (Fsp3) is 0. The molecule has 2 aromatic rings. The van der Waals surface area contributed by atoms with Crippen molar-refractivity contribution < 1.29 is 14.7 Å². The molecule has 0 saturated carbocycles. The third-order valence-corrected chi connectivity index (χ3v) is 3.39. The average Bonchev–Trinajstić information content (AvgIpc) is 2.42. The summed E-state index contributed by atoms with van der Waals surface area (Å²) in [5.74, 6) is -1.12. The van der Waals surface area contributed by atoms with Crippen LogP contribution in [0.5, 0.6) is 0 Å². The van der Waals surface area contributed by atoms with Gasteiger partial charge in [-0.05, 0) is 30.3 Å². The lowest BCUT2D eigenvalue weighted by Crippen LogP contribution is -2.21. The van der Waals surface area contributed by atoms with E-state index in [0.29, 0.717) is 10.7 Å². The number of halogens is 2. The summed E-state index contributed by atoms with van der Waals surface area (Å²) < 4.78 is 0.787. The number of para-hydroxylation sites is 1. The summed E-state index contributed by atoms with van der Waals surface area (Å²) in [6.07, 6.45) is 0. The van der Waals surface area contributed by atoms with Gasteiger partial charge in [-0.25, -0.2) is 9.59 Å². The van der Waals surface area contributed by atoms with E-state index in [9.17, 15) is 9.59 Å². The quantitative estimate of drug-likeness (QED) is 0.748. The van der Waals surface area contributed by atoms with Crippen LogP contribution in [0, 0.1) is 0 Å². The predicted molar refractivity (Wildman–Crippen MR) is 85.2 cm³/mol. The molecule has 7 heteroatoms. The zero-order valence-electron chi connectivity index (χ0n) is 10.6. The highest BCUT2D eigenvalue weighted by Gasteiger charge is 2.12. The van der Waals surface area contributed by atoms with Crippen molar-refractivity contribution in [3.63, 3.8) is 0 Å². The molecule has 5 nitrogen and oxygen atoms in total. The lowest BCUT2D eigenvalue weighted by atomic mass is 10.2. The Morgan fingerprint density at radius 2 is 1.71 bits per heavy atom. The van der Waals surface area contributed by atoms with Crippen LogP contribution in [0.3, 0.4) is 0 Å². The number of rotatable bonds is 3. The highest BCUT2D eigenvalue weighted by atomic mass is 79.9. The van der Waals surface area contributed by atoms with Crippen molar-refractivity contribution in [3.05, 3.63) is 57.5 Å². The highest BCUT2D eigenvalue weighted by molar-refractivity contribution is 9.10. The van der Waals surface area contributed by atoms with Crippen LogP contribution in [0.25, 0.3) is 0 Å². The Hall–Kier alpha value is -2.05. The smallest absolute Gasteiger partial charge is 0.337 e. The summed E-state index contributed by atoms with van der Waals surface area (Å²) in [6, 6.07) is 10.6. The van der Waals surface area contributed by atoms with Crippen LogP contribution in [0.2, 0.25) is 5.02 Å². The van der Waals surface area contributed by atoms with Gasteiger partial charge >= 0.3 is 12.0 Å². The van der Waals surface area contributed by atoms with Crippen LogP contribution >= 0.6 is 27.5 Å². The maximum atomic E-state index is 11.9. The van der Waals surface area contributed by atoms with Gasteiger partial charge in [-0.3, -0.25) is 0 Å². The molecule has 0 unspecified atom stereocenters. The zero-order chi connectivity index (χ0) is 15.4. The maximum Gasteiger partial charge on any atom is 0.337 e. The van der Waals surface area contributed by atoms with E-state index in [0.717, 1.165) is 4.47 Å². The number of aromatic carboxylic acids is 1. The maximum absolute atomic E-state index is 11.9. The molecule has 0 atom stereocenters. The van der Waals surface area contributed by atoms with E-state index in [-0.39, 0.29) is 11.3 Å². The van der Waals surface area contributed by atoms with E-state index in [1.807, 2.05) is 0 Å². The SMILES string of the molecule is O=C(Nc1ccc(Br)cc1Cl)Nc1ccccc1C(=O)O. The number of anilines is 2. The first-order valence-electron chi connectivity index (χ1n) is 5.83. The molecule has 0 heterocycles. The molecule has 0 spiro atoms. The molecule has 0 fully saturated rings. The molecule has 0 saturated heterocycles. The normalized spacial score (nSPS) is 10.0. The molecule has 0 aliphatic carbocycles. The number of urea groups is 1. The fourth-order valence-electron chi connectivity index (χ4n) is 1.65. The number of amides is 2. The van der Waals surface area contributed by atoms with Crippen molar-refractivity contribution in [3.8, 4) is 0 Å². The minimum absolute atomic E-state index is 0.00885. The minimum atomic E-state index is -1.12. The Bertz CT molecular complexity index is 706. The fourth-order valence-corrected chi connectivity index (χ4v) is 2.37. The van der Waals surface area contributed by atoms with Crippen molar-refractivity contribution >= 4 is 50.9 Å². The average molecular weight is 370 g/mol.